The maximum Gasteiger partial charge on any atom is 0.275 e. The van der Waals surface area contributed by atoms with Gasteiger partial charge in [0.15, 0.2) is 0 Å². The zero-order valence-corrected chi connectivity index (χ0v) is 12.1. The Hall–Kier alpha value is -2.62. The topological polar surface area (TPSA) is 84.7 Å². The summed E-state index contributed by atoms with van der Waals surface area (Å²) in [6.45, 7) is 2.18. The minimum Gasteiger partial charge on any atom is -0.365 e. The van der Waals surface area contributed by atoms with Crippen LogP contribution >= 0.6 is 0 Å². The van der Waals surface area contributed by atoms with Crippen LogP contribution in [0, 0.1) is 24.0 Å². The molecule has 110 valence electrons. The highest BCUT2D eigenvalue weighted by Crippen LogP contribution is 2.29. The second-order valence-corrected chi connectivity index (χ2v) is 5.59. The van der Waals surface area contributed by atoms with E-state index in [2.05, 4.69) is 11.1 Å². The number of nitrogens with zero attached hydrogens (tertiary/aromatic N) is 3. The van der Waals surface area contributed by atoms with Crippen molar-refractivity contribution < 1.29 is 9.18 Å². The van der Waals surface area contributed by atoms with Gasteiger partial charge in [-0.2, -0.15) is 5.10 Å². The van der Waals surface area contributed by atoms with Crippen LogP contribution in [0.4, 0.5) is 4.39 Å². The van der Waals surface area contributed by atoms with Crippen LogP contribution in [0.1, 0.15) is 21.6 Å². The molecular weight excluding hydrogens is 282 g/mol. The van der Waals surface area contributed by atoms with Crippen LogP contribution in [-0.4, -0.2) is 22.4 Å². The zero-order chi connectivity index (χ0) is 15.9. The van der Waals surface area contributed by atoms with Gasteiger partial charge in [-0.05, 0) is 43.3 Å². The second kappa shape index (κ2) is 5.30. The summed E-state index contributed by atoms with van der Waals surface area (Å²) in [6, 6.07) is 4.52. The maximum atomic E-state index is 13.7. The number of halogens is 1. The van der Waals surface area contributed by atoms with Crippen LogP contribution in [0.3, 0.4) is 0 Å². The number of aromatic nitrogens is 2. The smallest absolute Gasteiger partial charge is 0.275 e. The number of fused-ring (bicyclic) bond motifs is 1. The molecule has 0 spiro atoms. The minimum absolute atomic E-state index is 0.149. The van der Waals surface area contributed by atoms with Crippen molar-refractivity contribution in [2.45, 2.75) is 26.1 Å². The van der Waals surface area contributed by atoms with Gasteiger partial charge >= 0.3 is 0 Å². The molecule has 1 aromatic carbocycles. The predicted octanol–water partition coefficient (Wildman–Crippen LogP) is 1.75. The summed E-state index contributed by atoms with van der Waals surface area (Å²) in [5.41, 5.74) is 8.14. The van der Waals surface area contributed by atoms with Crippen molar-refractivity contribution in [3.05, 3.63) is 40.8 Å². The molecule has 1 aliphatic heterocycles. The van der Waals surface area contributed by atoms with E-state index in [1.807, 2.05) is 0 Å². The number of carbonyl (C=O) groups is 1. The first-order chi connectivity index (χ1) is 10.5. The molecule has 0 saturated heterocycles. The fourth-order valence-electron chi connectivity index (χ4n) is 2.95. The molecule has 1 amide bonds. The Morgan fingerprint density at radius 3 is 2.91 bits per heavy atom. The van der Waals surface area contributed by atoms with Crippen LogP contribution in [0.25, 0.3) is 11.3 Å². The number of carbonyl (C=O) groups excluding carboxylic acids is 1. The molecule has 2 N–H and O–H groups in total. The molecule has 1 aliphatic rings. The third-order valence-electron chi connectivity index (χ3n) is 3.93. The van der Waals surface area contributed by atoms with E-state index < -0.39 is 5.91 Å². The summed E-state index contributed by atoms with van der Waals surface area (Å²) in [7, 11) is 0. The van der Waals surface area contributed by atoms with Crippen LogP contribution in [0.15, 0.2) is 18.2 Å². The lowest BCUT2D eigenvalue weighted by atomic mass is 9.45. The number of hydrogen-bond acceptors (Lipinski definition) is 3. The first-order valence-electron chi connectivity index (χ1n) is 7.06. The number of amides is 1. The molecule has 1 aromatic heterocycles. The third kappa shape index (κ3) is 2.37. The minimum atomic E-state index is -0.600. The number of hydrogen-bond donors (Lipinski definition) is 1. The van der Waals surface area contributed by atoms with E-state index in [9.17, 15) is 9.18 Å². The van der Waals surface area contributed by atoms with Gasteiger partial charge in [0.25, 0.3) is 12.6 Å². The average molecular weight is 296 g/mol. The van der Waals surface area contributed by atoms with E-state index in [4.69, 9.17) is 11.0 Å². The van der Waals surface area contributed by atoms with Gasteiger partial charge in [0, 0.05) is 23.8 Å². The number of nitriles is 1. The molecule has 2 heterocycles. The lowest BCUT2D eigenvalue weighted by Gasteiger charge is -2.15. The monoisotopic (exact) mass is 296 g/mol. The number of benzene rings is 1. The average Bonchev–Trinajstić information content (AvgIpc) is 2.84. The Kier molecular flexibility index (Phi) is 3.45. The van der Waals surface area contributed by atoms with Crippen LogP contribution < -0.4 is 5.73 Å². The van der Waals surface area contributed by atoms with E-state index in [0.29, 0.717) is 41.7 Å². The fraction of sp³-hybridized carbons (Fsp3) is 0.267. The molecule has 3 rings (SSSR count). The van der Waals surface area contributed by atoms with Gasteiger partial charge in [-0.25, -0.2) is 9.65 Å². The van der Waals surface area contributed by atoms with E-state index in [1.165, 1.54) is 12.1 Å². The van der Waals surface area contributed by atoms with Gasteiger partial charge < -0.3 is 5.73 Å². The lowest BCUT2D eigenvalue weighted by molar-refractivity contribution is 0.1000. The van der Waals surface area contributed by atoms with Gasteiger partial charge in [-0.3, -0.25) is 9.48 Å². The molecule has 0 unspecified atom stereocenters. The van der Waals surface area contributed by atoms with E-state index in [1.54, 1.807) is 17.7 Å². The van der Waals surface area contributed by atoms with Crippen molar-refractivity contribution in [2.75, 3.05) is 0 Å². The molecule has 0 atom stereocenters. The second-order valence-electron chi connectivity index (χ2n) is 5.59. The largest absolute Gasteiger partial charge is 0.365 e. The normalized spacial score (nSPS) is 13.6. The number of rotatable bonds is 2. The first-order valence-corrected chi connectivity index (χ1v) is 7.06. The standard InChI is InChI=1S/C15H14BFN4O/c1-9-4-10(6-11(17)5-9)14-13(15(19)22)12-7-16(8-18)2-3-21(12)20-14/h4-6H,2-3,7H2,1H3,(H2,19,22). The van der Waals surface area contributed by atoms with Crippen molar-refractivity contribution in [1.82, 2.24) is 9.78 Å². The Bertz CT molecular complexity index is 788. The van der Waals surface area contributed by atoms with Crippen LogP contribution in [0.2, 0.25) is 6.32 Å². The number of nitrogens with two attached hydrogens (primary N) is 1. The predicted molar refractivity (Wildman–Crippen MR) is 80.8 cm³/mol. The molecule has 0 fully saturated rings. The molecule has 7 heteroatoms. The summed E-state index contributed by atoms with van der Waals surface area (Å²) < 4.78 is 15.4. The summed E-state index contributed by atoms with van der Waals surface area (Å²) in [5, 5.41) is 13.5. The van der Waals surface area contributed by atoms with Crippen molar-refractivity contribution >= 4 is 12.6 Å². The summed E-state index contributed by atoms with van der Waals surface area (Å²) >= 11 is 0. The highest BCUT2D eigenvalue weighted by atomic mass is 19.1. The molecule has 0 radical (unpaired) electrons. The fourth-order valence-corrected chi connectivity index (χ4v) is 2.95. The lowest BCUT2D eigenvalue weighted by Crippen LogP contribution is -2.28. The maximum absolute atomic E-state index is 13.7. The van der Waals surface area contributed by atoms with Gasteiger partial charge in [0.1, 0.15) is 11.5 Å². The van der Waals surface area contributed by atoms with Crippen molar-refractivity contribution in [3.63, 3.8) is 0 Å². The Labute approximate surface area is 127 Å². The summed E-state index contributed by atoms with van der Waals surface area (Å²) in [4.78, 5) is 11.9. The van der Waals surface area contributed by atoms with Gasteiger partial charge in [0.2, 0.25) is 0 Å². The molecule has 22 heavy (non-hydrogen) atoms. The molecule has 5 nitrogen and oxygen atoms in total. The molecule has 2 aromatic rings. The molecular formula is C15H14BFN4O. The molecule has 0 aliphatic carbocycles. The van der Waals surface area contributed by atoms with Gasteiger partial charge in [0.05, 0.1) is 5.56 Å². The van der Waals surface area contributed by atoms with E-state index in [-0.39, 0.29) is 12.5 Å². The molecule has 0 saturated carbocycles. The molecule has 0 bridgehead atoms. The Morgan fingerprint density at radius 1 is 1.50 bits per heavy atom. The van der Waals surface area contributed by atoms with Crippen LogP contribution in [-0.2, 0) is 12.9 Å². The third-order valence-corrected chi connectivity index (χ3v) is 3.93. The van der Waals surface area contributed by atoms with Crippen molar-refractivity contribution in [2.24, 2.45) is 5.73 Å². The van der Waals surface area contributed by atoms with Crippen molar-refractivity contribution in [1.29, 1.82) is 5.26 Å². The van der Waals surface area contributed by atoms with Gasteiger partial charge in [-0.15, -0.1) is 0 Å². The highest BCUT2D eigenvalue weighted by molar-refractivity contribution is 6.66. The Balaban J connectivity index is 2.19. The van der Waals surface area contributed by atoms with E-state index in [0.717, 1.165) is 5.56 Å². The Morgan fingerprint density at radius 2 is 2.27 bits per heavy atom. The van der Waals surface area contributed by atoms with Crippen LogP contribution in [0.5, 0.6) is 0 Å². The summed E-state index contributed by atoms with van der Waals surface area (Å²) in [6.07, 6.45) is 1.13. The van der Waals surface area contributed by atoms with Gasteiger partial charge in [-0.1, -0.05) is 0 Å². The van der Waals surface area contributed by atoms with E-state index >= 15 is 0 Å². The zero-order valence-electron chi connectivity index (χ0n) is 12.1. The SMILES string of the molecule is Cc1cc(F)cc(-c2nn3c(c2C(N)=O)CB(C#N)CC3)c1. The first kappa shape index (κ1) is 14.3. The highest BCUT2D eigenvalue weighted by Gasteiger charge is 2.30. The summed E-state index contributed by atoms with van der Waals surface area (Å²) in [5.74, 6) is 1.24. The number of aryl methyl sites for hydroxylation is 2. The van der Waals surface area contributed by atoms with Crippen molar-refractivity contribution in [3.8, 4) is 17.2 Å². The number of primary amides is 1. The quantitative estimate of drug-likeness (QED) is 0.857.